The van der Waals surface area contributed by atoms with Gasteiger partial charge in [-0.3, -0.25) is 14.8 Å². The average molecular weight is 341 g/mol. The number of amides is 1. The molecule has 6 nitrogen and oxygen atoms in total. The largest absolute Gasteiger partial charge is 0.434 e. The Hall–Kier alpha value is -2.49. The van der Waals surface area contributed by atoms with E-state index in [0.717, 1.165) is 5.38 Å². The van der Waals surface area contributed by atoms with Gasteiger partial charge in [-0.1, -0.05) is 0 Å². The third kappa shape index (κ3) is 2.89. The Bertz CT molecular complexity index is 899. The minimum atomic E-state index is -4.53. The number of thiazole rings is 1. The van der Waals surface area contributed by atoms with Crippen LogP contribution in [0.5, 0.6) is 0 Å². The fourth-order valence-corrected chi connectivity index (χ4v) is 2.77. The first-order valence-corrected chi connectivity index (χ1v) is 7.27. The molecule has 10 heteroatoms. The zero-order chi connectivity index (χ0) is 16.8. The van der Waals surface area contributed by atoms with Gasteiger partial charge in [0.2, 0.25) is 0 Å². The van der Waals surface area contributed by atoms with Crippen molar-refractivity contribution < 1.29 is 18.0 Å². The van der Waals surface area contributed by atoms with E-state index in [0.29, 0.717) is 28.1 Å². The fraction of sp³-hybridized carbons (Fsp3) is 0.231. The lowest BCUT2D eigenvalue weighted by Gasteiger charge is -2.03. The average Bonchev–Trinajstić information content (AvgIpc) is 3.04. The fourth-order valence-electron chi connectivity index (χ4n) is 2.06. The van der Waals surface area contributed by atoms with Crippen LogP contribution in [-0.4, -0.2) is 25.7 Å². The minimum Gasteiger partial charge on any atom is -0.298 e. The Morgan fingerprint density at radius 2 is 2.13 bits per heavy atom. The number of nitrogens with zero attached hydrogens (tertiary/aromatic N) is 4. The summed E-state index contributed by atoms with van der Waals surface area (Å²) in [6.07, 6.45) is -3.19. The smallest absolute Gasteiger partial charge is 0.298 e. The van der Waals surface area contributed by atoms with Crippen LogP contribution < -0.4 is 5.32 Å². The molecule has 0 saturated heterocycles. The van der Waals surface area contributed by atoms with E-state index in [1.165, 1.54) is 6.20 Å². The van der Waals surface area contributed by atoms with Crippen LogP contribution in [0.25, 0.3) is 11.0 Å². The van der Waals surface area contributed by atoms with E-state index >= 15 is 0 Å². The Morgan fingerprint density at radius 1 is 1.39 bits per heavy atom. The van der Waals surface area contributed by atoms with Crippen molar-refractivity contribution in [3.8, 4) is 0 Å². The topological polar surface area (TPSA) is 72.7 Å². The lowest BCUT2D eigenvalue weighted by Crippen LogP contribution is -2.13. The van der Waals surface area contributed by atoms with Gasteiger partial charge in [0.1, 0.15) is 0 Å². The third-order valence-corrected chi connectivity index (χ3v) is 3.90. The SMILES string of the molecule is Cc1nn(C)c2ncc(C(=O)Nc3nc(C(F)(F)F)cs3)cc12. The molecule has 0 spiro atoms. The molecule has 0 atom stereocenters. The van der Waals surface area contributed by atoms with Crippen LogP contribution in [0, 0.1) is 6.92 Å². The number of alkyl halides is 3. The quantitative estimate of drug-likeness (QED) is 0.778. The summed E-state index contributed by atoms with van der Waals surface area (Å²) in [6.45, 7) is 1.78. The van der Waals surface area contributed by atoms with E-state index in [-0.39, 0.29) is 10.7 Å². The number of halogens is 3. The number of rotatable bonds is 2. The van der Waals surface area contributed by atoms with Gasteiger partial charge in [-0.05, 0) is 13.0 Å². The van der Waals surface area contributed by atoms with Crippen molar-refractivity contribution in [2.24, 2.45) is 7.05 Å². The summed E-state index contributed by atoms with van der Waals surface area (Å²) in [5, 5.41) is 7.97. The summed E-state index contributed by atoms with van der Waals surface area (Å²) in [4.78, 5) is 19.6. The number of aryl methyl sites for hydroxylation is 2. The standard InChI is InChI=1S/C13H10F3N5OS/c1-6-8-3-7(4-17-10(8)21(2)20-6)11(22)19-12-18-9(5-23-12)13(14,15)16/h3-5H,1-2H3,(H,18,19,22). The molecule has 0 aliphatic rings. The first-order valence-electron chi connectivity index (χ1n) is 6.39. The Morgan fingerprint density at radius 3 is 2.78 bits per heavy atom. The maximum absolute atomic E-state index is 12.5. The van der Waals surface area contributed by atoms with E-state index in [1.807, 2.05) is 0 Å². The molecule has 0 aromatic carbocycles. The zero-order valence-corrected chi connectivity index (χ0v) is 12.8. The molecule has 0 bridgehead atoms. The molecule has 3 rings (SSSR count). The van der Waals surface area contributed by atoms with Crippen molar-refractivity contribution in [3.05, 3.63) is 34.6 Å². The first kappa shape index (κ1) is 15.4. The van der Waals surface area contributed by atoms with Crippen LogP contribution >= 0.6 is 11.3 Å². The maximum atomic E-state index is 12.5. The second kappa shape index (κ2) is 5.30. The van der Waals surface area contributed by atoms with Crippen LogP contribution in [0.2, 0.25) is 0 Å². The van der Waals surface area contributed by atoms with Crippen molar-refractivity contribution >= 4 is 33.4 Å². The molecule has 1 amide bonds. The highest BCUT2D eigenvalue weighted by molar-refractivity contribution is 7.14. The lowest BCUT2D eigenvalue weighted by molar-refractivity contribution is -0.140. The van der Waals surface area contributed by atoms with E-state index in [1.54, 1.807) is 24.7 Å². The Labute approximate surface area is 132 Å². The van der Waals surface area contributed by atoms with E-state index in [2.05, 4.69) is 20.4 Å². The van der Waals surface area contributed by atoms with Crippen molar-refractivity contribution in [1.82, 2.24) is 19.7 Å². The molecule has 0 aliphatic heterocycles. The van der Waals surface area contributed by atoms with Crippen LogP contribution in [-0.2, 0) is 13.2 Å². The van der Waals surface area contributed by atoms with Gasteiger partial charge in [0, 0.05) is 24.0 Å². The number of anilines is 1. The van der Waals surface area contributed by atoms with Gasteiger partial charge in [0.05, 0.1) is 11.3 Å². The molecule has 0 unspecified atom stereocenters. The predicted molar refractivity (Wildman–Crippen MR) is 78.3 cm³/mol. The molecule has 3 heterocycles. The van der Waals surface area contributed by atoms with Crippen LogP contribution in [0.3, 0.4) is 0 Å². The number of hydrogen-bond acceptors (Lipinski definition) is 5. The molecule has 0 aliphatic carbocycles. The predicted octanol–water partition coefficient (Wildman–Crippen LogP) is 3.00. The molecule has 0 saturated carbocycles. The summed E-state index contributed by atoms with van der Waals surface area (Å²) in [5.41, 5.74) is 0.512. The van der Waals surface area contributed by atoms with Crippen LogP contribution in [0.1, 0.15) is 21.7 Å². The summed E-state index contributed by atoms with van der Waals surface area (Å²) in [5.74, 6) is -0.578. The molecular weight excluding hydrogens is 331 g/mol. The van der Waals surface area contributed by atoms with Gasteiger partial charge in [0.15, 0.2) is 16.5 Å². The number of carbonyl (C=O) groups is 1. The number of aromatic nitrogens is 4. The van der Waals surface area contributed by atoms with Gasteiger partial charge < -0.3 is 0 Å². The van der Waals surface area contributed by atoms with E-state index in [4.69, 9.17) is 0 Å². The molecule has 3 aromatic rings. The molecule has 23 heavy (non-hydrogen) atoms. The summed E-state index contributed by atoms with van der Waals surface area (Å²) in [7, 11) is 1.73. The van der Waals surface area contributed by atoms with Crippen molar-refractivity contribution in [3.63, 3.8) is 0 Å². The number of nitrogens with one attached hydrogen (secondary N) is 1. The first-order chi connectivity index (χ1) is 10.8. The second-order valence-corrected chi connectivity index (χ2v) is 5.65. The van der Waals surface area contributed by atoms with Gasteiger partial charge in [0.25, 0.3) is 5.91 Å². The molecule has 120 valence electrons. The molecular formula is C13H10F3N5OS. The van der Waals surface area contributed by atoms with Crippen molar-refractivity contribution in [1.29, 1.82) is 0 Å². The third-order valence-electron chi connectivity index (χ3n) is 3.14. The van der Waals surface area contributed by atoms with Crippen molar-refractivity contribution in [2.75, 3.05) is 5.32 Å². The van der Waals surface area contributed by atoms with E-state index < -0.39 is 17.8 Å². The second-order valence-electron chi connectivity index (χ2n) is 4.79. The Balaban J connectivity index is 1.86. The highest BCUT2D eigenvalue weighted by Gasteiger charge is 2.33. The number of carbonyl (C=O) groups excluding carboxylic acids is 1. The number of fused-ring (bicyclic) bond motifs is 1. The van der Waals surface area contributed by atoms with Crippen LogP contribution in [0.15, 0.2) is 17.6 Å². The maximum Gasteiger partial charge on any atom is 0.434 e. The van der Waals surface area contributed by atoms with Crippen molar-refractivity contribution in [2.45, 2.75) is 13.1 Å². The van der Waals surface area contributed by atoms with E-state index in [9.17, 15) is 18.0 Å². The zero-order valence-electron chi connectivity index (χ0n) is 12.0. The summed E-state index contributed by atoms with van der Waals surface area (Å²) >= 11 is 0.710. The monoisotopic (exact) mass is 341 g/mol. The molecule has 0 fully saturated rings. The summed E-state index contributed by atoms with van der Waals surface area (Å²) < 4.78 is 39.1. The van der Waals surface area contributed by atoms with Gasteiger partial charge in [-0.25, -0.2) is 9.97 Å². The van der Waals surface area contributed by atoms with Gasteiger partial charge in [-0.15, -0.1) is 11.3 Å². The van der Waals surface area contributed by atoms with Crippen LogP contribution in [0.4, 0.5) is 18.3 Å². The number of pyridine rings is 1. The normalized spacial score (nSPS) is 11.9. The molecule has 1 N–H and O–H groups in total. The highest BCUT2D eigenvalue weighted by atomic mass is 32.1. The lowest BCUT2D eigenvalue weighted by atomic mass is 10.2. The molecule has 0 radical (unpaired) electrons. The van der Waals surface area contributed by atoms with Gasteiger partial charge in [-0.2, -0.15) is 18.3 Å². The molecule has 3 aromatic heterocycles. The minimum absolute atomic E-state index is 0.120. The summed E-state index contributed by atoms with van der Waals surface area (Å²) in [6, 6.07) is 1.60. The number of hydrogen-bond donors (Lipinski definition) is 1. The Kier molecular flexibility index (Phi) is 3.55. The highest BCUT2D eigenvalue weighted by Crippen LogP contribution is 2.31. The van der Waals surface area contributed by atoms with Gasteiger partial charge >= 0.3 is 6.18 Å².